The second-order valence-corrected chi connectivity index (χ2v) is 6.90. The lowest BCUT2D eigenvalue weighted by molar-refractivity contribution is -0.384. The molecule has 0 spiro atoms. The predicted molar refractivity (Wildman–Crippen MR) is 98.3 cm³/mol. The van der Waals surface area contributed by atoms with E-state index in [1.54, 1.807) is 23.5 Å². The lowest BCUT2D eigenvalue weighted by Crippen LogP contribution is -2.38. The Morgan fingerprint density at radius 1 is 1.38 bits per heavy atom. The van der Waals surface area contributed by atoms with Gasteiger partial charge in [-0.25, -0.2) is 4.98 Å². The zero-order valence-electron chi connectivity index (χ0n) is 13.7. The molecule has 0 aliphatic carbocycles. The fourth-order valence-corrected chi connectivity index (χ4v) is 3.84. The molecule has 0 saturated carbocycles. The van der Waals surface area contributed by atoms with Gasteiger partial charge in [-0.05, 0) is 23.6 Å². The number of anilines is 1. The number of rotatable bonds is 3. The van der Waals surface area contributed by atoms with Crippen molar-refractivity contribution < 1.29 is 9.66 Å². The summed E-state index contributed by atoms with van der Waals surface area (Å²) in [6, 6.07) is 12.3. The van der Waals surface area contributed by atoms with Crippen LogP contribution >= 0.6 is 11.3 Å². The van der Waals surface area contributed by atoms with Crippen molar-refractivity contribution in [3.05, 3.63) is 62.3 Å². The fourth-order valence-electron chi connectivity index (χ4n) is 3.07. The first-order valence-corrected chi connectivity index (χ1v) is 8.93. The van der Waals surface area contributed by atoms with Crippen LogP contribution in [0.3, 0.4) is 0 Å². The van der Waals surface area contributed by atoms with Gasteiger partial charge >= 0.3 is 0 Å². The molecule has 0 radical (unpaired) electrons. The number of ether oxygens (including phenoxy) is 1. The number of pyridine rings is 1. The Kier molecular flexibility index (Phi) is 4.24. The van der Waals surface area contributed by atoms with Crippen molar-refractivity contribution >= 4 is 33.7 Å². The van der Waals surface area contributed by atoms with Crippen LogP contribution < -0.4 is 4.90 Å². The van der Waals surface area contributed by atoms with Crippen LogP contribution in [-0.4, -0.2) is 29.6 Å². The highest BCUT2D eigenvalue weighted by Gasteiger charge is 2.24. The van der Waals surface area contributed by atoms with Crippen LogP contribution in [0.5, 0.6) is 0 Å². The zero-order chi connectivity index (χ0) is 18.1. The number of morpholine rings is 1. The van der Waals surface area contributed by atoms with Gasteiger partial charge in [0.1, 0.15) is 11.9 Å². The van der Waals surface area contributed by atoms with Crippen LogP contribution in [0.1, 0.15) is 16.5 Å². The third-order valence-corrected chi connectivity index (χ3v) is 5.33. The van der Waals surface area contributed by atoms with Gasteiger partial charge in [-0.2, -0.15) is 5.26 Å². The van der Waals surface area contributed by atoms with Crippen molar-refractivity contribution in [2.75, 3.05) is 24.6 Å². The SMILES string of the molecule is N#Cc1cc(N2CCOC(c3cccs3)C2)nc2ccc([N+](=O)[O-])cc12. The average molecular weight is 366 g/mol. The minimum Gasteiger partial charge on any atom is -0.369 e. The van der Waals surface area contributed by atoms with E-state index in [2.05, 4.69) is 16.0 Å². The second-order valence-electron chi connectivity index (χ2n) is 5.92. The quantitative estimate of drug-likeness (QED) is 0.519. The first-order chi connectivity index (χ1) is 12.7. The van der Waals surface area contributed by atoms with Gasteiger partial charge in [0, 0.05) is 28.9 Å². The summed E-state index contributed by atoms with van der Waals surface area (Å²) in [6.07, 6.45) is -0.0244. The van der Waals surface area contributed by atoms with Gasteiger partial charge in [-0.15, -0.1) is 11.3 Å². The van der Waals surface area contributed by atoms with Gasteiger partial charge in [0.25, 0.3) is 5.69 Å². The molecule has 4 rings (SSSR count). The molecular weight excluding hydrogens is 352 g/mol. The summed E-state index contributed by atoms with van der Waals surface area (Å²) in [4.78, 5) is 18.4. The van der Waals surface area contributed by atoms with Gasteiger partial charge in [0.2, 0.25) is 0 Å². The summed E-state index contributed by atoms with van der Waals surface area (Å²) in [6.45, 7) is 1.90. The first-order valence-electron chi connectivity index (χ1n) is 8.05. The molecule has 1 aliphatic rings. The summed E-state index contributed by atoms with van der Waals surface area (Å²) >= 11 is 1.65. The Morgan fingerprint density at radius 3 is 3.00 bits per heavy atom. The molecule has 3 aromatic rings. The predicted octanol–water partition coefficient (Wildman–Crippen LogP) is 3.65. The maximum Gasteiger partial charge on any atom is 0.270 e. The average Bonchev–Trinajstić information content (AvgIpc) is 3.21. The third kappa shape index (κ3) is 2.98. The second kappa shape index (κ2) is 6.71. The topological polar surface area (TPSA) is 92.3 Å². The van der Waals surface area contributed by atoms with E-state index in [0.717, 1.165) is 4.88 Å². The molecule has 0 bridgehead atoms. The lowest BCUT2D eigenvalue weighted by Gasteiger charge is -2.33. The Hall–Kier alpha value is -3.02. The van der Waals surface area contributed by atoms with Crippen molar-refractivity contribution in [2.45, 2.75) is 6.10 Å². The molecule has 26 heavy (non-hydrogen) atoms. The van der Waals surface area contributed by atoms with Crippen LogP contribution in [0.15, 0.2) is 41.8 Å². The number of fused-ring (bicyclic) bond motifs is 1. The van der Waals surface area contributed by atoms with Crippen molar-refractivity contribution in [1.82, 2.24) is 4.98 Å². The molecule has 7 nitrogen and oxygen atoms in total. The summed E-state index contributed by atoms with van der Waals surface area (Å²) in [5, 5.41) is 23.0. The minimum atomic E-state index is -0.470. The molecule has 0 amide bonds. The highest BCUT2D eigenvalue weighted by atomic mass is 32.1. The Balaban J connectivity index is 1.71. The molecule has 1 fully saturated rings. The van der Waals surface area contributed by atoms with Crippen molar-refractivity contribution in [2.24, 2.45) is 0 Å². The molecule has 1 atom stereocenters. The van der Waals surface area contributed by atoms with Crippen LogP contribution in [0.4, 0.5) is 11.5 Å². The summed E-state index contributed by atoms with van der Waals surface area (Å²) in [5.74, 6) is 0.688. The van der Waals surface area contributed by atoms with E-state index in [-0.39, 0.29) is 11.8 Å². The monoisotopic (exact) mass is 366 g/mol. The van der Waals surface area contributed by atoms with E-state index in [1.165, 1.54) is 12.1 Å². The first kappa shape index (κ1) is 16.4. The van der Waals surface area contributed by atoms with Crippen molar-refractivity contribution in [3.8, 4) is 6.07 Å². The maximum atomic E-state index is 11.0. The van der Waals surface area contributed by atoms with E-state index in [1.807, 2.05) is 17.5 Å². The van der Waals surface area contributed by atoms with E-state index in [4.69, 9.17) is 4.74 Å². The molecule has 1 aliphatic heterocycles. The van der Waals surface area contributed by atoms with E-state index in [0.29, 0.717) is 42.0 Å². The zero-order valence-corrected chi connectivity index (χ0v) is 14.5. The minimum absolute atomic E-state index is 0.0244. The smallest absolute Gasteiger partial charge is 0.270 e. The summed E-state index contributed by atoms with van der Waals surface area (Å²) in [5.41, 5.74) is 0.907. The Labute approximate surface area is 153 Å². The number of non-ortho nitro benzene ring substituents is 1. The number of nitro benzene ring substituents is 1. The van der Waals surface area contributed by atoms with Gasteiger partial charge < -0.3 is 9.64 Å². The number of hydrogen-bond acceptors (Lipinski definition) is 7. The van der Waals surface area contributed by atoms with Crippen molar-refractivity contribution in [3.63, 3.8) is 0 Å². The molecular formula is C18H14N4O3S. The van der Waals surface area contributed by atoms with Crippen LogP contribution in [0, 0.1) is 21.4 Å². The normalized spacial score (nSPS) is 17.2. The van der Waals surface area contributed by atoms with Gasteiger partial charge in [0.05, 0.1) is 35.2 Å². The van der Waals surface area contributed by atoms with E-state index >= 15 is 0 Å². The van der Waals surface area contributed by atoms with Crippen molar-refractivity contribution in [1.29, 1.82) is 5.26 Å². The highest BCUT2D eigenvalue weighted by Crippen LogP contribution is 2.31. The molecule has 2 aromatic heterocycles. The molecule has 3 heterocycles. The molecule has 1 saturated heterocycles. The molecule has 8 heteroatoms. The summed E-state index contributed by atoms with van der Waals surface area (Å²) in [7, 11) is 0. The number of benzene rings is 1. The number of nitrogens with zero attached hydrogens (tertiary/aromatic N) is 4. The fraction of sp³-hybridized carbons (Fsp3) is 0.222. The number of hydrogen-bond donors (Lipinski definition) is 0. The third-order valence-electron chi connectivity index (χ3n) is 4.36. The number of thiophene rings is 1. The van der Waals surface area contributed by atoms with E-state index < -0.39 is 4.92 Å². The number of aromatic nitrogens is 1. The molecule has 130 valence electrons. The number of nitriles is 1. The maximum absolute atomic E-state index is 11.0. The summed E-state index contributed by atoms with van der Waals surface area (Å²) < 4.78 is 5.86. The lowest BCUT2D eigenvalue weighted by atomic mass is 10.1. The van der Waals surface area contributed by atoms with Crippen LogP contribution in [0.2, 0.25) is 0 Å². The molecule has 0 N–H and O–H groups in total. The van der Waals surface area contributed by atoms with Crippen LogP contribution in [0.25, 0.3) is 10.9 Å². The largest absolute Gasteiger partial charge is 0.369 e. The highest BCUT2D eigenvalue weighted by molar-refractivity contribution is 7.10. The standard InChI is InChI=1S/C18H14N4O3S/c19-10-12-8-18(20-15-4-3-13(22(23)24)9-14(12)15)21-5-6-25-16(11-21)17-2-1-7-26-17/h1-4,7-9,16H,5-6,11H2. The van der Waals surface area contributed by atoms with Gasteiger partial charge in [0.15, 0.2) is 0 Å². The Morgan fingerprint density at radius 2 is 2.27 bits per heavy atom. The van der Waals surface area contributed by atoms with Gasteiger partial charge in [-0.3, -0.25) is 10.1 Å². The molecule has 1 aromatic carbocycles. The number of nitro groups is 1. The Bertz CT molecular complexity index is 1010. The molecule has 1 unspecified atom stereocenters. The van der Waals surface area contributed by atoms with Gasteiger partial charge in [-0.1, -0.05) is 6.07 Å². The van der Waals surface area contributed by atoms with E-state index in [9.17, 15) is 15.4 Å². The van der Waals surface area contributed by atoms with Crippen LogP contribution in [-0.2, 0) is 4.74 Å².